The maximum Gasteiger partial charge on any atom is 0.0992 e. The largest absolute Gasteiger partial charge is 0.310 e. The Kier molecular flexibility index (Phi) is 5.59. The van der Waals surface area contributed by atoms with Gasteiger partial charge in [-0.2, -0.15) is 5.26 Å². The van der Waals surface area contributed by atoms with E-state index in [0.29, 0.717) is 5.56 Å². The zero-order chi connectivity index (χ0) is 31.8. The molecule has 8 aromatic rings. The van der Waals surface area contributed by atoms with E-state index in [4.69, 9.17) is 0 Å². The summed E-state index contributed by atoms with van der Waals surface area (Å²) in [5, 5.41) is 14.6. The fourth-order valence-corrected chi connectivity index (χ4v) is 8.43. The van der Waals surface area contributed by atoms with Gasteiger partial charge in [0.15, 0.2) is 0 Å². The molecule has 0 bridgehead atoms. The lowest BCUT2D eigenvalue weighted by Crippen LogP contribution is -2.25. The Balaban J connectivity index is 1.27. The van der Waals surface area contributed by atoms with Gasteiger partial charge in [-0.25, -0.2) is 0 Å². The molecule has 0 unspecified atom stereocenters. The Bertz CT molecular complexity index is 2600. The minimum Gasteiger partial charge on any atom is -0.310 e. The van der Waals surface area contributed by atoms with Crippen LogP contribution in [-0.4, -0.2) is 0 Å². The first kappa shape index (κ1) is 26.8. The quantitative estimate of drug-likeness (QED) is 0.199. The minimum atomic E-state index is -0.424. The molecule has 0 atom stereocenters. The lowest BCUT2D eigenvalue weighted by Gasteiger charge is -2.31. The Labute approximate surface area is 279 Å². The van der Waals surface area contributed by atoms with Gasteiger partial charge < -0.3 is 4.90 Å². The molecule has 1 spiro atoms. The molecule has 0 radical (unpaired) electrons. The van der Waals surface area contributed by atoms with Crippen molar-refractivity contribution < 1.29 is 0 Å². The second-order valence-corrected chi connectivity index (χ2v) is 12.8. The van der Waals surface area contributed by atoms with E-state index in [0.717, 1.165) is 17.1 Å². The van der Waals surface area contributed by atoms with E-state index in [1.165, 1.54) is 66.1 Å². The molecule has 0 aliphatic heterocycles. The first-order chi connectivity index (χ1) is 23.7. The Morgan fingerprint density at radius 1 is 0.375 bits per heavy atom. The van der Waals surface area contributed by atoms with Gasteiger partial charge in [-0.15, -0.1) is 0 Å². The number of benzene rings is 8. The van der Waals surface area contributed by atoms with Crippen LogP contribution < -0.4 is 4.90 Å². The van der Waals surface area contributed by atoms with Crippen LogP contribution >= 0.6 is 0 Å². The van der Waals surface area contributed by atoms with Crippen molar-refractivity contribution in [2.75, 3.05) is 4.90 Å². The number of hydrogen-bond acceptors (Lipinski definition) is 2. The highest BCUT2D eigenvalue weighted by Gasteiger charge is 2.51. The van der Waals surface area contributed by atoms with Gasteiger partial charge in [0, 0.05) is 17.1 Å². The Morgan fingerprint density at radius 3 is 1.60 bits per heavy atom. The molecule has 222 valence electrons. The van der Waals surface area contributed by atoms with Crippen LogP contribution in [0.15, 0.2) is 170 Å². The van der Waals surface area contributed by atoms with Crippen molar-refractivity contribution in [3.8, 4) is 28.3 Å². The van der Waals surface area contributed by atoms with Crippen LogP contribution in [0.25, 0.3) is 43.8 Å². The van der Waals surface area contributed by atoms with E-state index in [2.05, 4.69) is 157 Å². The topological polar surface area (TPSA) is 27.0 Å². The highest BCUT2D eigenvalue weighted by Crippen LogP contribution is 2.63. The molecule has 0 saturated carbocycles. The molecule has 0 amide bonds. The van der Waals surface area contributed by atoms with Crippen LogP contribution in [0.2, 0.25) is 0 Å². The van der Waals surface area contributed by atoms with Gasteiger partial charge in [-0.05, 0) is 133 Å². The fourth-order valence-electron chi connectivity index (χ4n) is 8.43. The molecule has 2 aliphatic carbocycles. The molecule has 2 nitrogen and oxygen atoms in total. The Morgan fingerprint density at radius 2 is 0.917 bits per heavy atom. The SMILES string of the molecule is N#Cc1cccc(N(c2ccccc2)c2ccc3cc4c(cc3c2)C2(c3ccccc3-c3ccccc32)c2cc3ccccc3cc2-4)c1. The predicted octanol–water partition coefficient (Wildman–Crippen LogP) is 11.7. The standard InChI is InChI=1S/C46H28N2/c47-29-30-11-10-16-36(23-30)48(35-14-2-1-3-15-35)37-22-21-33-26-41-40-25-31-12-4-5-13-32(31)27-44(40)46(45(41)28-34(33)24-37)42-19-8-6-17-38(42)39-18-7-9-20-43(39)46/h1-28H. The van der Waals surface area contributed by atoms with Crippen LogP contribution in [-0.2, 0) is 5.41 Å². The minimum absolute atomic E-state index is 0.424. The summed E-state index contributed by atoms with van der Waals surface area (Å²) >= 11 is 0. The van der Waals surface area contributed by atoms with Crippen molar-refractivity contribution in [3.63, 3.8) is 0 Å². The molecule has 0 N–H and O–H groups in total. The molecule has 0 fully saturated rings. The van der Waals surface area contributed by atoms with E-state index < -0.39 is 5.41 Å². The summed E-state index contributed by atoms with van der Waals surface area (Å²) < 4.78 is 0. The van der Waals surface area contributed by atoms with Gasteiger partial charge in [0.1, 0.15) is 0 Å². The maximum atomic E-state index is 9.72. The second-order valence-electron chi connectivity index (χ2n) is 12.8. The van der Waals surface area contributed by atoms with Crippen molar-refractivity contribution in [2.24, 2.45) is 0 Å². The third kappa shape index (κ3) is 3.62. The number of nitrogens with zero attached hydrogens (tertiary/aromatic N) is 2. The lowest BCUT2D eigenvalue weighted by molar-refractivity contribution is 0.796. The van der Waals surface area contributed by atoms with Crippen molar-refractivity contribution in [1.82, 2.24) is 0 Å². The molecule has 0 saturated heterocycles. The smallest absolute Gasteiger partial charge is 0.0992 e. The number of nitriles is 1. The number of para-hydroxylation sites is 1. The van der Waals surface area contributed by atoms with Crippen molar-refractivity contribution in [2.45, 2.75) is 5.41 Å². The average Bonchev–Trinajstić information content (AvgIpc) is 3.60. The number of hydrogen-bond donors (Lipinski definition) is 0. The van der Waals surface area contributed by atoms with Crippen LogP contribution in [0.3, 0.4) is 0 Å². The van der Waals surface area contributed by atoms with Crippen LogP contribution in [0.4, 0.5) is 17.1 Å². The summed E-state index contributed by atoms with van der Waals surface area (Å²) in [6.07, 6.45) is 0. The van der Waals surface area contributed by atoms with E-state index in [1.54, 1.807) is 0 Å². The fraction of sp³-hybridized carbons (Fsp3) is 0.0217. The molecule has 2 heteroatoms. The van der Waals surface area contributed by atoms with E-state index in [1.807, 2.05) is 24.3 Å². The highest BCUT2D eigenvalue weighted by atomic mass is 15.1. The number of rotatable bonds is 3. The molecule has 48 heavy (non-hydrogen) atoms. The van der Waals surface area contributed by atoms with Crippen molar-refractivity contribution in [1.29, 1.82) is 5.26 Å². The molecule has 0 aromatic heterocycles. The summed E-state index contributed by atoms with van der Waals surface area (Å²) in [4.78, 5) is 2.24. The Hall–Kier alpha value is -6.43. The molecular weight excluding hydrogens is 581 g/mol. The van der Waals surface area contributed by atoms with Gasteiger partial charge in [0.25, 0.3) is 0 Å². The molecule has 8 aromatic carbocycles. The third-order valence-electron chi connectivity index (χ3n) is 10.4. The molecule has 2 aliphatic rings. The van der Waals surface area contributed by atoms with Crippen LogP contribution in [0, 0.1) is 11.3 Å². The number of fused-ring (bicyclic) bond motifs is 12. The summed E-state index contributed by atoms with van der Waals surface area (Å²) in [6, 6.07) is 63.7. The zero-order valence-electron chi connectivity index (χ0n) is 26.1. The lowest BCUT2D eigenvalue weighted by atomic mass is 9.70. The van der Waals surface area contributed by atoms with Gasteiger partial charge in [-0.1, -0.05) is 103 Å². The predicted molar refractivity (Wildman–Crippen MR) is 197 cm³/mol. The van der Waals surface area contributed by atoms with Crippen molar-refractivity contribution in [3.05, 3.63) is 198 Å². The number of anilines is 3. The normalized spacial score (nSPS) is 13.1. The summed E-state index contributed by atoms with van der Waals surface area (Å²) in [7, 11) is 0. The van der Waals surface area contributed by atoms with Gasteiger partial charge in [0.05, 0.1) is 17.0 Å². The van der Waals surface area contributed by atoms with Gasteiger partial charge in [0.2, 0.25) is 0 Å². The summed E-state index contributed by atoms with van der Waals surface area (Å²) in [5.74, 6) is 0. The van der Waals surface area contributed by atoms with E-state index >= 15 is 0 Å². The summed E-state index contributed by atoms with van der Waals surface area (Å²) in [5.41, 5.74) is 13.8. The maximum absolute atomic E-state index is 9.72. The zero-order valence-corrected chi connectivity index (χ0v) is 26.1. The second kappa shape index (κ2) is 10.0. The molecule has 0 heterocycles. The van der Waals surface area contributed by atoms with Gasteiger partial charge in [-0.3, -0.25) is 0 Å². The third-order valence-corrected chi connectivity index (χ3v) is 10.4. The summed E-state index contributed by atoms with van der Waals surface area (Å²) in [6.45, 7) is 0. The van der Waals surface area contributed by atoms with E-state index in [9.17, 15) is 5.26 Å². The van der Waals surface area contributed by atoms with Gasteiger partial charge >= 0.3 is 0 Å². The van der Waals surface area contributed by atoms with Crippen LogP contribution in [0.1, 0.15) is 27.8 Å². The molecular formula is C46H28N2. The van der Waals surface area contributed by atoms with Crippen molar-refractivity contribution >= 4 is 38.6 Å². The highest BCUT2D eigenvalue weighted by molar-refractivity contribution is 6.04. The average molecular weight is 609 g/mol. The van der Waals surface area contributed by atoms with E-state index in [-0.39, 0.29) is 0 Å². The first-order valence-corrected chi connectivity index (χ1v) is 16.4. The molecule has 10 rings (SSSR count). The monoisotopic (exact) mass is 608 g/mol. The first-order valence-electron chi connectivity index (χ1n) is 16.4. The van der Waals surface area contributed by atoms with Crippen LogP contribution in [0.5, 0.6) is 0 Å².